The maximum atomic E-state index is 11.9. The van der Waals surface area contributed by atoms with Crippen LogP contribution in [-0.4, -0.2) is 33.3 Å². The van der Waals surface area contributed by atoms with Gasteiger partial charge in [0.2, 0.25) is 6.04 Å². The van der Waals surface area contributed by atoms with Crippen molar-refractivity contribution in [3.63, 3.8) is 0 Å². The molecule has 0 bridgehead atoms. The summed E-state index contributed by atoms with van der Waals surface area (Å²) in [6, 6.07) is -0.788. The number of nitrogens with zero attached hydrogens (tertiary/aromatic N) is 2. The molecule has 0 aromatic carbocycles. The SMILES string of the molecule is CCC(C/C(=N\O)C(=O)NC(C)(C)C)C(C)[N+](=O)[O-]. The van der Waals surface area contributed by atoms with Crippen LogP contribution in [0.15, 0.2) is 5.16 Å². The summed E-state index contributed by atoms with van der Waals surface area (Å²) in [4.78, 5) is 22.2. The molecule has 0 saturated carbocycles. The van der Waals surface area contributed by atoms with Crippen LogP contribution in [0.1, 0.15) is 47.5 Å². The normalized spacial score (nSPS) is 15.7. The third-order valence-electron chi connectivity index (χ3n) is 2.87. The quantitative estimate of drug-likeness (QED) is 0.333. The van der Waals surface area contributed by atoms with Gasteiger partial charge in [-0.2, -0.15) is 0 Å². The molecular formula is C12H23N3O4. The van der Waals surface area contributed by atoms with E-state index in [1.165, 1.54) is 6.92 Å². The Morgan fingerprint density at radius 1 is 1.47 bits per heavy atom. The van der Waals surface area contributed by atoms with Gasteiger partial charge < -0.3 is 10.5 Å². The molecule has 110 valence electrons. The molecule has 2 N–H and O–H groups in total. The van der Waals surface area contributed by atoms with Gasteiger partial charge in [-0.05, 0) is 27.2 Å². The number of hydrogen-bond acceptors (Lipinski definition) is 5. The Labute approximate surface area is 113 Å². The highest BCUT2D eigenvalue weighted by atomic mass is 16.6. The van der Waals surface area contributed by atoms with Crippen molar-refractivity contribution in [1.82, 2.24) is 5.32 Å². The first-order valence-corrected chi connectivity index (χ1v) is 6.29. The number of amides is 1. The second kappa shape index (κ2) is 7.06. The van der Waals surface area contributed by atoms with Gasteiger partial charge in [0.15, 0.2) is 0 Å². The second-order valence-electron chi connectivity index (χ2n) is 5.65. The predicted octanol–water partition coefficient (Wildman–Crippen LogP) is 1.81. The van der Waals surface area contributed by atoms with Crippen LogP contribution in [0.25, 0.3) is 0 Å². The van der Waals surface area contributed by atoms with E-state index in [0.717, 1.165) is 0 Å². The lowest BCUT2D eigenvalue weighted by atomic mass is 9.92. The zero-order valence-electron chi connectivity index (χ0n) is 12.1. The molecule has 2 unspecified atom stereocenters. The summed E-state index contributed by atoms with van der Waals surface area (Å²) in [6.45, 7) is 8.71. The minimum absolute atomic E-state index is 0.0736. The molecule has 7 nitrogen and oxygen atoms in total. The van der Waals surface area contributed by atoms with E-state index in [1.54, 1.807) is 27.7 Å². The maximum absolute atomic E-state index is 11.9. The van der Waals surface area contributed by atoms with Crippen LogP contribution >= 0.6 is 0 Å². The van der Waals surface area contributed by atoms with Crippen molar-refractivity contribution >= 4 is 11.6 Å². The van der Waals surface area contributed by atoms with Crippen molar-refractivity contribution in [3.8, 4) is 0 Å². The van der Waals surface area contributed by atoms with Crippen molar-refractivity contribution in [1.29, 1.82) is 0 Å². The fraction of sp³-hybridized carbons (Fsp3) is 0.833. The number of rotatable bonds is 6. The molecule has 0 radical (unpaired) electrons. The summed E-state index contributed by atoms with van der Waals surface area (Å²) in [5.41, 5.74) is -0.529. The molecule has 0 aliphatic carbocycles. The number of nitrogens with one attached hydrogen (secondary N) is 1. The molecule has 0 rings (SSSR count). The fourth-order valence-electron chi connectivity index (χ4n) is 1.67. The van der Waals surface area contributed by atoms with E-state index in [1.807, 2.05) is 0 Å². The Balaban J connectivity index is 4.81. The summed E-state index contributed by atoms with van der Waals surface area (Å²) < 4.78 is 0. The van der Waals surface area contributed by atoms with Crippen LogP contribution < -0.4 is 5.32 Å². The average molecular weight is 273 g/mol. The Hall–Kier alpha value is -1.66. The lowest BCUT2D eigenvalue weighted by Gasteiger charge is -2.22. The zero-order chi connectivity index (χ0) is 15.2. The first-order chi connectivity index (χ1) is 8.62. The van der Waals surface area contributed by atoms with Crippen LogP contribution in [0.5, 0.6) is 0 Å². The highest BCUT2D eigenvalue weighted by Crippen LogP contribution is 2.17. The van der Waals surface area contributed by atoms with Crippen molar-refractivity contribution in [2.75, 3.05) is 0 Å². The molecular weight excluding hydrogens is 250 g/mol. The Bertz CT molecular complexity index is 360. The lowest BCUT2D eigenvalue weighted by molar-refractivity contribution is -0.527. The van der Waals surface area contributed by atoms with Crippen LogP contribution in [0, 0.1) is 16.0 Å². The smallest absolute Gasteiger partial charge is 0.269 e. The molecule has 0 aliphatic rings. The van der Waals surface area contributed by atoms with Gasteiger partial charge >= 0.3 is 0 Å². The van der Waals surface area contributed by atoms with Gasteiger partial charge in [0.05, 0.1) is 0 Å². The number of oxime groups is 1. The third kappa shape index (κ3) is 6.17. The molecule has 0 spiro atoms. The highest BCUT2D eigenvalue weighted by Gasteiger charge is 2.29. The molecule has 0 heterocycles. The second-order valence-corrected chi connectivity index (χ2v) is 5.65. The highest BCUT2D eigenvalue weighted by molar-refractivity contribution is 6.38. The largest absolute Gasteiger partial charge is 0.410 e. The topological polar surface area (TPSA) is 105 Å². The van der Waals surface area contributed by atoms with Gasteiger partial charge in [-0.15, -0.1) is 0 Å². The Morgan fingerprint density at radius 2 is 2.00 bits per heavy atom. The van der Waals surface area contributed by atoms with Crippen molar-refractivity contribution in [2.45, 2.75) is 59.0 Å². The monoisotopic (exact) mass is 273 g/mol. The van der Waals surface area contributed by atoms with Crippen molar-refractivity contribution < 1.29 is 14.9 Å². The van der Waals surface area contributed by atoms with Crippen LogP contribution in [0.2, 0.25) is 0 Å². The summed E-state index contributed by atoms with van der Waals surface area (Å²) in [5, 5.41) is 25.3. The number of nitro groups is 1. The van der Waals surface area contributed by atoms with E-state index >= 15 is 0 Å². The molecule has 1 amide bonds. The van der Waals surface area contributed by atoms with E-state index in [4.69, 9.17) is 5.21 Å². The van der Waals surface area contributed by atoms with Gasteiger partial charge in [-0.3, -0.25) is 14.9 Å². The molecule has 7 heteroatoms. The van der Waals surface area contributed by atoms with Gasteiger partial charge in [0.25, 0.3) is 5.91 Å². The first kappa shape index (κ1) is 17.3. The standard InChI is InChI=1S/C12H23N3O4/c1-6-9(8(2)15(18)19)7-10(14-17)11(16)13-12(3,4)5/h8-9,17H,6-7H2,1-5H3,(H,13,16)/b14-10+. The number of carbonyl (C=O) groups is 1. The van der Waals surface area contributed by atoms with Crippen molar-refractivity contribution in [3.05, 3.63) is 10.1 Å². The van der Waals surface area contributed by atoms with E-state index in [-0.39, 0.29) is 23.0 Å². The maximum Gasteiger partial charge on any atom is 0.269 e. The zero-order valence-corrected chi connectivity index (χ0v) is 12.1. The summed E-state index contributed by atoms with van der Waals surface area (Å²) in [5.74, 6) is -0.837. The van der Waals surface area contributed by atoms with Gasteiger partial charge in [-0.25, -0.2) is 0 Å². The number of hydrogen-bond donors (Lipinski definition) is 2. The minimum atomic E-state index is -0.788. The van der Waals surface area contributed by atoms with Crippen molar-refractivity contribution in [2.24, 2.45) is 11.1 Å². The Kier molecular flexibility index (Phi) is 6.44. The Morgan fingerprint density at radius 3 is 2.32 bits per heavy atom. The molecule has 0 aromatic rings. The van der Waals surface area contributed by atoms with E-state index in [9.17, 15) is 14.9 Å². The van der Waals surface area contributed by atoms with Gasteiger partial charge in [0.1, 0.15) is 5.71 Å². The third-order valence-corrected chi connectivity index (χ3v) is 2.87. The molecule has 2 atom stereocenters. The van der Waals surface area contributed by atoms with E-state index in [0.29, 0.717) is 6.42 Å². The van der Waals surface area contributed by atoms with E-state index < -0.39 is 17.5 Å². The molecule has 0 aliphatic heterocycles. The van der Waals surface area contributed by atoms with Gasteiger partial charge in [-0.1, -0.05) is 12.1 Å². The molecule has 0 saturated heterocycles. The number of carbonyl (C=O) groups excluding carboxylic acids is 1. The fourth-order valence-corrected chi connectivity index (χ4v) is 1.67. The van der Waals surface area contributed by atoms with Crippen LogP contribution in [0.3, 0.4) is 0 Å². The van der Waals surface area contributed by atoms with Crippen LogP contribution in [-0.2, 0) is 4.79 Å². The first-order valence-electron chi connectivity index (χ1n) is 6.29. The molecule has 0 aromatic heterocycles. The summed E-state index contributed by atoms with van der Waals surface area (Å²) in [6.07, 6.45) is 0.612. The van der Waals surface area contributed by atoms with Gasteiger partial charge in [0, 0.05) is 29.7 Å². The minimum Gasteiger partial charge on any atom is -0.410 e. The molecule has 0 fully saturated rings. The summed E-state index contributed by atoms with van der Waals surface area (Å²) in [7, 11) is 0. The van der Waals surface area contributed by atoms with E-state index in [2.05, 4.69) is 10.5 Å². The average Bonchev–Trinajstić information content (AvgIpc) is 2.27. The lowest BCUT2D eigenvalue weighted by Crippen LogP contribution is -2.45. The summed E-state index contributed by atoms with van der Waals surface area (Å²) >= 11 is 0. The predicted molar refractivity (Wildman–Crippen MR) is 72.0 cm³/mol. The van der Waals surface area contributed by atoms with Crippen LogP contribution in [0.4, 0.5) is 0 Å². The molecule has 19 heavy (non-hydrogen) atoms.